The van der Waals surface area contributed by atoms with Crippen molar-refractivity contribution in [3.05, 3.63) is 69.8 Å². The highest BCUT2D eigenvalue weighted by molar-refractivity contribution is 8.93. The number of nitro benzene ring substituents is 1. The molecule has 6 heteroatoms. The van der Waals surface area contributed by atoms with Crippen LogP contribution in [0.15, 0.2) is 48.5 Å². The molecule has 0 spiro atoms. The largest absolute Gasteiger partial charge is 0.369 e. The summed E-state index contributed by atoms with van der Waals surface area (Å²) in [5.41, 5.74) is 3.77. The van der Waals surface area contributed by atoms with Gasteiger partial charge >= 0.3 is 0 Å². The molecule has 2 unspecified atom stereocenters. The van der Waals surface area contributed by atoms with E-state index in [0.29, 0.717) is 0 Å². The number of nitrogens with zero attached hydrogens (tertiary/aromatic N) is 3. The summed E-state index contributed by atoms with van der Waals surface area (Å²) in [6.45, 7) is 7.25. The number of anilines is 1. The second kappa shape index (κ2) is 8.40. The molecule has 0 N–H and O–H groups in total. The van der Waals surface area contributed by atoms with Crippen LogP contribution in [-0.4, -0.2) is 42.5 Å². The molecule has 1 aliphatic carbocycles. The zero-order valence-electron chi connectivity index (χ0n) is 15.6. The first kappa shape index (κ1) is 19.8. The van der Waals surface area contributed by atoms with Gasteiger partial charge in [-0.1, -0.05) is 30.3 Å². The van der Waals surface area contributed by atoms with Gasteiger partial charge in [-0.15, -0.1) is 17.0 Å². The Morgan fingerprint density at radius 1 is 1.07 bits per heavy atom. The summed E-state index contributed by atoms with van der Waals surface area (Å²) in [5, 5.41) is 10.9. The third-order valence-electron chi connectivity index (χ3n) is 5.75. The van der Waals surface area contributed by atoms with Gasteiger partial charge in [0.1, 0.15) is 0 Å². The molecule has 0 aromatic heterocycles. The molecule has 1 saturated heterocycles. The molecule has 0 radical (unpaired) electrons. The maximum Gasteiger partial charge on any atom is 0.269 e. The van der Waals surface area contributed by atoms with E-state index in [1.165, 1.54) is 18.5 Å². The lowest BCUT2D eigenvalue weighted by Gasteiger charge is -2.37. The first-order valence-electron chi connectivity index (χ1n) is 9.39. The van der Waals surface area contributed by atoms with E-state index in [4.69, 9.17) is 0 Å². The molecule has 4 rings (SSSR count). The highest BCUT2D eigenvalue weighted by Gasteiger charge is 2.39. The first-order chi connectivity index (χ1) is 12.6. The number of hydrogen-bond acceptors (Lipinski definition) is 4. The van der Waals surface area contributed by atoms with Crippen molar-refractivity contribution in [2.24, 2.45) is 5.92 Å². The summed E-state index contributed by atoms with van der Waals surface area (Å²) in [7, 11) is 0. The van der Waals surface area contributed by atoms with Crippen molar-refractivity contribution in [3.8, 4) is 0 Å². The van der Waals surface area contributed by atoms with E-state index in [2.05, 4.69) is 40.1 Å². The smallest absolute Gasteiger partial charge is 0.269 e. The Morgan fingerprint density at radius 2 is 1.78 bits per heavy atom. The van der Waals surface area contributed by atoms with Gasteiger partial charge < -0.3 is 4.90 Å². The van der Waals surface area contributed by atoms with E-state index in [-0.39, 0.29) is 27.6 Å². The Bertz CT molecular complexity index is 791. The average molecular weight is 432 g/mol. The van der Waals surface area contributed by atoms with Crippen molar-refractivity contribution >= 4 is 28.4 Å². The molecule has 27 heavy (non-hydrogen) atoms. The summed E-state index contributed by atoms with van der Waals surface area (Å²) >= 11 is 0. The molecule has 1 saturated carbocycles. The fraction of sp³-hybridized carbons (Fsp3) is 0.429. The second-order valence-corrected chi connectivity index (χ2v) is 7.53. The van der Waals surface area contributed by atoms with Gasteiger partial charge in [0.15, 0.2) is 0 Å². The van der Waals surface area contributed by atoms with Gasteiger partial charge in [0.25, 0.3) is 5.69 Å². The number of aryl methyl sites for hydroxylation is 1. The summed E-state index contributed by atoms with van der Waals surface area (Å²) in [4.78, 5) is 15.5. The number of non-ortho nitro benzene ring substituents is 1. The highest BCUT2D eigenvalue weighted by Crippen LogP contribution is 2.47. The number of nitro groups is 1. The summed E-state index contributed by atoms with van der Waals surface area (Å²) < 4.78 is 0. The van der Waals surface area contributed by atoms with Crippen molar-refractivity contribution < 1.29 is 4.92 Å². The second-order valence-electron chi connectivity index (χ2n) is 7.53. The highest BCUT2D eigenvalue weighted by atomic mass is 79.9. The third kappa shape index (κ3) is 4.50. The van der Waals surface area contributed by atoms with Crippen molar-refractivity contribution in [3.63, 3.8) is 0 Å². The summed E-state index contributed by atoms with van der Waals surface area (Å²) in [6.07, 6.45) is 1.31. The van der Waals surface area contributed by atoms with Gasteiger partial charge in [0, 0.05) is 50.5 Å². The van der Waals surface area contributed by atoms with Gasteiger partial charge in [0.2, 0.25) is 0 Å². The average Bonchev–Trinajstić information content (AvgIpc) is 3.42. The molecular weight excluding hydrogens is 406 g/mol. The number of piperazine rings is 1. The molecule has 2 atom stereocenters. The zero-order valence-corrected chi connectivity index (χ0v) is 17.3. The zero-order chi connectivity index (χ0) is 18.1. The number of rotatable bonds is 5. The Hall–Kier alpha value is -1.92. The molecule has 144 valence electrons. The van der Waals surface area contributed by atoms with Crippen molar-refractivity contribution in [1.29, 1.82) is 0 Å². The monoisotopic (exact) mass is 431 g/mol. The SMILES string of the molecule is Br.Cc1cc([N+](=O)[O-])ccc1N1CCN(CC2CC2c2ccccc2)CC1. The van der Waals surface area contributed by atoms with E-state index in [9.17, 15) is 10.1 Å². The minimum absolute atomic E-state index is 0. The number of halogens is 1. The fourth-order valence-electron chi connectivity index (χ4n) is 4.17. The minimum atomic E-state index is -0.326. The van der Waals surface area contributed by atoms with Crippen LogP contribution in [0.1, 0.15) is 23.5 Å². The first-order valence-corrected chi connectivity index (χ1v) is 9.39. The van der Waals surface area contributed by atoms with Crippen LogP contribution in [0, 0.1) is 23.0 Å². The Balaban J connectivity index is 0.00000210. The molecule has 1 aliphatic heterocycles. The van der Waals surface area contributed by atoms with Crippen LogP contribution in [0.4, 0.5) is 11.4 Å². The van der Waals surface area contributed by atoms with Crippen molar-refractivity contribution in [2.75, 3.05) is 37.6 Å². The van der Waals surface area contributed by atoms with E-state index in [0.717, 1.165) is 49.3 Å². The van der Waals surface area contributed by atoms with E-state index in [1.807, 2.05) is 13.0 Å². The lowest BCUT2D eigenvalue weighted by Crippen LogP contribution is -2.47. The quantitative estimate of drug-likeness (QED) is 0.519. The predicted octanol–water partition coefficient (Wildman–Crippen LogP) is 4.41. The van der Waals surface area contributed by atoms with Crippen LogP contribution in [0.5, 0.6) is 0 Å². The number of benzene rings is 2. The van der Waals surface area contributed by atoms with Gasteiger partial charge in [-0.05, 0) is 42.4 Å². The van der Waals surface area contributed by atoms with Gasteiger partial charge in [-0.2, -0.15) is 0 Å². The van der Waals surface area contributed by atoms with Crippen molar-refractivity contribution in [1.82, 2.24) is 4.90 Å². The molecule has 2 fully saturated rings. The van der Waals surface area contributed by atoms with Gasteiger partial charge in [0.05, 0.1) is 4.92 Å². The maximum absolute atomic E-state index is 10.9. The van der Waals surface area contributed by atoms with E-state index in [1.54, 1.807) is 12.1 Å². The van der Waals surface area contributed by atoms with Crippen LogP contribution in [-0.2, 0) is 0 Å². The molecule has 0 amide bonds. The van der Waals surface area contributed by atoms with Crippen LogP contribution in [0.25, 0.3) is 0 Å². The molecule has 2 aliphatic rings. The molecular formula is C21H26BrN3O2. The molecule has 5 nitrogen and oxygen atoms in total. The van der Waals surface area contributed by atoms with Crippen LogP contribution in [0.3, 0.4) is 0 Å². The lowest BCUT2D eigenvalue weighted by molar-refractivity contribution is -0.384. The van der Waals surface area contributed by atoms with E-state index >= 15 is 0 Å². The van der Waals surface area contributed by atoms with Crippen LogP contribution >= 0.6 is 17.0 Å². The molecule has 2 aromatic carbocycles. The van der Waals surface area contributed by atoms with Crippen LogP contribution in [0.2, 0.25) is 0 Å². The topological polar surface area (TPSA) is 49.6 Å². The normalized spacial score (nSPS) is 22.2. The summed E-state index contributed by atoms with van der Waals surface area (Å²) in [5.74, 6) is 1.54. The van der Waals surface area contributed by atoms with Gasteiger partial charge in [-0.25, -0.2) is 0 Å². The molecule has 1 heterocycles. The fourth-order valence-corrected chi connectivity index (χ4v) is 4.17. The Morgan fingerprint density at radius 3 is 2.41 bits per heavy atom. The minimum Gasteiger partial charge on any atom is -0.369 e. The standard InChI is InChI=1S/C21H25N3O2.BrH/c1-16-13-19(24(25)26)7-8-21(16)23-11-9-22(10-12-23)15-18-14-20(18)17-5-3-2-4-6-17;/h2-8,13,18,20H,9-12,14-15H2,1H3;1H. The Kier molecular flexibility index (Phi) is 6.17. The number of hydrogen-bond donors (Lipinski definition) is 0. The predicted molar refractivity (Wildman–Crippen MR) is 114 cm³/mol. The van der Waals surface area contributed by atoms with E-state index < -0.39 is 0 Å². The lowest BCUT2D eigenvalue weighted by atomic mass is 10.1. The summed E-state index contributed by atoms with van der Waals surface area (Å²) in [6, 6.07) is 16.0. The maximum atomic E-state index is 10.9. The molecule has 2 aromatic rings. The van der Waals surface area contributed by atoms with Crippen molar-refractivity contribution in [2.45, 2.75) is 19.3 Å². The Labute approximate surface area is 170 Å². The molecule has 0 bridgehead atoms. The third-order valence-corrected chi connectivity index (χ3v) is 5.75. The van der Waals surface area contributed by atoms with Crippen LogP contribution < -0.4 is 4.90 Å². The van der Waals surface area contributed by atoms with Gasteiger partial charge in [-0.3, -0.25) is 15.0 Å².